The van der Waals surface area contributed by atoms with Crippen LogP contribution < -0.4 is 14.8 Å². The van der Waals surface area contributed by atoms with E-state index in [9.17, 15) is 4.79 Å². The Morgan fingerprint density at radius 3 is 2.32 bits per heavy atom. The Balaban J connectivity index is 2.33. The molecular formula is C17H18ClNO3. The normalized spacial score (nSPS) is 10.2. The van der Waals surface area contributed by atoms with Gasteiger partial charge in [-0.25, -0.2) is 0 Å². The molecule has 1 N–H and O–H groups in total. The zero-order valence-corrected chi connectivity index (χ0v) is 13.7. The van der Waals surface area contributed by atoms with E-state index in [2.05, 4.69) is 5.32 Å². The first kappa shape index (κ1) is 16.2. The smallest absolute Gasteiger partial charge is 0.256 e. The van der Waals surface area contributed by atoms with Crippen LogP contribution in [0.25, 0.3) is 0 Å². The van der Waals surface area contributed by atoms with Gasteiger partial charge < -0.3 is 14.8 Å². The van der Waals surface area contributed by atoms with Gasteiger partial charge in [-0.1, -0.05) is 29.3 Å². The quantitative estimate of drug-likeness (QED) is 0.917. The van der Waals surface area contributed by atoms with Gasteiger partial charge in [0.15, 0.2) is 0 Å². The van der Waals surface area contributed by atoms with E-state index < -0.39 is 0 Å². The highest BCUT2D eigenvalue weighted by atomic mass is 35.5. The minimum atomic E-state index is -0.211. The van der Waals surface area contributed by atoms with Gasteiger partial charge in [0.2, 0.25) is 0 Å². The molecule has 0 aliphatic heterocycles. The fourth-order valence-corrected chi connectivity index (χ4v) is 2.46. The van der Waals surface area contributed by atoms with Crippen LogP contribution in [0.2, 0.25) is 5.02 Å². The van der Waals surface area contributed by atoms with E-state index in [1.807, 2.05) is 26.0 Å². The van der Waals surface area contributed by atoms with Crippen LogP contribution in [0, 0.1) is 13.8 Å². The van der Waals surface area contributed by atoms with E-state index in [-0.39, 0.29) is 5.91 Å². The summed E-state index contributed by atoms with van der Waals surface area (Å²) in [5.74, 6) is 0.763. The van der Waals surface area contributed by atoms with Gasteiger partial charge in [0.1, 0.15) is 11.5 Å². The zero-order valence-electron chi connectivity index (χ0n) is 13.0. The van der Waals surface area contributed by atoms with Crippen molar-refractivity contribution in [2.75, 3.05) is 19.5 Å². The van der Waals surface area contributed by atoms with Gasteiger partial charge in [-0.05, 0) is 31.5 Å². The number of benzene rings is 2. The molecular weight excluding hydrogens is 302 g/mol. The number of anilines is 1. The maximum Gasteiger partial charge on any atom is 0.256 e. The summed E-state index contributed by atoms with van der Waals surface area (Å²) in [6.07, 6.45) is 0. The summed E-state index contributed by atoms with van der Waals surface area (Å²) in [6.45, 7) is 3.89. The summed E-state index contributed by atoms with van der Waals surface area (Å²) >= 11 is 6.11. The van der Waals surface area contributed by atoms with Crippen molar-refractivity contribution in [1.29, 1.82) is 0 Å². The van der Waals surface area contributed by atoms with E-state index in [1.165, 1.54) is 14.2 Å². The number of hydrogen-bond donors (Lipinski definition) is 1. The van der Waals surface area contributed by atoms with Crippen molar-refractivity contribution in [3.05, 3.63) is 52.0 Å². The number of carbonyl (C=O) groups excluding carboxylic acids is 1. The molecule has 0 radical (unpaired) electrons. The molecule has 116 valence electrons. The van der Waals surface area contributed by atoms with E-state index in [1.54, 1.807) is 18.2 Å². The SMILES string of the molecule is COc1cc(OC)c(NC(=O)c2ccc(C)cc2C)cc1Cl. The average Bonchev–Trinajstić information content (AvgIpc) is 2.47. The molecule has 5 heteroatoms. The molecule has 1 amide bonds. The topological polar surface area (TPSA) is 47.6 Å². The second kappa shape index (κ2) is 6.71. The maximum absolute atomic E-state index is 12.4. The third-order valence-electron chi connectivity index (χ3n) is 3.35. The van der Waals surface area contributed by atoms with Gasteiger partial charge in [-0.15, -0.1) is 0 Å². The number of halogens is 1. The lowest BCUT2D eigenvalue weighted by Crippen LogP contribution is -2.14. The Morgan fingerprint density at radius 1 is 1.05 bits per heavy atom. The molecule has 2 rings (SSSR count). The summed E-state index contributed by atoms with van der Waals surface area (Å²) in [7, 11) is 3.05. The Morgan fingerprint density at radius 2 is 1.73 bits per heavy atom. The first-order valence-electron chi connectivity index (χ1n) is 6.76. The van der Waals surface area contributed by atoms with Crippen LogP contribution in [0.1, 0.15) is 21.5 Å². The summed E-state index contributed by atoms with van der Waals surface area (Å²) in [5.41, 5.74) is 3.13. The molecule has 0 atom stereocenters. The van der Waals surface area contributed by atoms with Gasteiger partial charge in [0, 0.05) is 11.6 Å². The summed E-state index contributed by atoms with van der Waals surface area (Å²) in [5, 5.41) is 3.23. The Labute approximate surface area is 135 Å². The third-order valence-corrected chi connectivity index (χ3v) is 3.64. The first-order valence-corrected chi connectivity index (χ1v) is 7.14. The third kappa shape index (κ3) is 3.34. The minimum Gasteiger partial charge on any atom is -0.495 e. The van der Waals surface area contributed by atoms with Gasteiger partial charge >= 0.3 is 0 Å². The number of methoxy groups -OCH3 is 2. The maximum atomic E-state index is 12.4. The van der Waals surface area contributed by atoms with E-state index in [4.69, 9.17) is 21.1 Å². The number of amides is 1. The summed E-state index contributed by atoms with van der Waals surface area (Å²) in [4.78, 5) is 12.4. The molecule has 0 bridgehead atoms. The molecule has 0 spiro atoms. The zero-order chi connectivity index (χ0) is 16.3. The van der Waals surface area contributed by atoms with Crippen LogP contribution >= 0.6 is 11.6 Å². The van der Waals surface area contributed by atoms with Crippen LogP contribution in [0.4, 0.5) is 5.69 Å². The second-order valence-corrected chi connectivity index (χ2v) is 5.37. The van der Waals surface area contributed by atoms with Gasteiger partial charge in [0.25, 0.3) is 5.91 Å². The van der Waals surface area contributed by atoms with Gasteiger partial charge in [-0.3, -0.25) is 4.79 Å². The molecule has 0 aliphatic rings. The molecule has 2 aromatic rings. The molecule has 0 heterocycles. The lowest BCUT2D eigenvalue weighted by Gasteiger charge is -2.14. The minimum absolute atomic E-state index is 0.211. The first-order chi connectivity index (χ1) is 10.5. The van der Waals surface area contributed by atoms with Crippen LogP contribution in [-0.4, -0.2) is 20.1 Å². The highest BCUT2D eigenvalue weighted by Gasteiger charge is 2.15. The molecule has 0 saturated carbocycles. The number of hydrogen-bond acceptors (Lipinski definition) is 3. The van der Waals surface area contributed by atoms with Crippen molar-refractivity contribution < 1.29 is 14.3 Å². The fraction of sp³-hybridized carbons (Fsp3) is 0.235. The molecule has 0 fully saturated rings. The van der Waals surface area contributed by atoms with Crippen LogP contribution in [0.5, 0.6) is 11.5 Å². The number of nitrogens with one attached hydrogen (secondary N) is 1. The fourth-order valence-electron chi connectivity index (χ4n) is 2.22. The lowest BCUT2D eigenvalue weighted by molar-refractivity contribution is 0.102. The van der Waals surface area contributed by atoms with Crippen molar-refractivity contribution in [3.63, 3.8) is 0 Å². The molecule has 2 aromatic carbocycles. The predicted molar refractivity (Wildman–Crippen MR) is 88.4 cm³/mol. The van der Waals surface area contributed by atoms with Gasteiger partial charge in [-0.2, -0.15) is 0 Å². The van der Waals surface area contributed by atoms with Crippen molar-refractivity contribution in [3.8, 4) is 11.5 Å². The highest BCUT2D eigenvalue weighted by Crippen LogP contribution is 2.36. The number of rotatable bonds is 4. The standard InChI is InChI=1S/C17H18ClNO3/c1-10-5-6-12(11(2)7-10)17(20)19-14-8-13(18)15(21-3)9-16(14)22-4/h5-9H,1-4H3,(H,19,20). The molecule has 0 aliphatic carbocycles. The molecule has 0 unspecified atom stereocenters. The van der Waals surface area contributed by atoms with Crippen LogP contribution in [0.3, 0.4) is 0 Å². The predicted octanol–water partition coefficient (Wildman–Crippen LogP) is 4.23. The molecule has 22 heavy (non-hydrogen) atoms. The largest absolute Gasteiger partial charge is 0.495 e. The Hall–Kier alpha value is -2.20. The van der Waals surface area contributed by atoms with Gasteiger partial charge in [0.05, 0.1) is 24.9 Å². The number of aryl methyl sites for hydroxylation is 2. The second-order valence-electron chi connectivity index (χ2n) is 4.96. The molecule has 4 nitrogen and oxygen atoms in total. The average molecular weight is 320 g/mol. The van der Waals surface area contributed by atoms with Crippen molar-refractivity contribution >= 4 is 23.2 Å². The summed E-state index contributed by atoms with van der Waals surface area (Å²) in [6, 6.07) is 8.92. The monoisotopic (exact) mass is 319 g/mol. The molecule has 0 saturated heterocycles. The lowest BCUT2D eigenvalue weighted by atomic mass is 10.1. The van der Waals surface area contributed by atoms with E-state index in [0.717, 1.165) is 11.1 Å². The van der Waals surface area contributed by atoms with Crippen molar-refractivity contribution in [2.45, 2.75) is 13.8 Å². The Kier molecular flexibility index (Phi) is 4.93. The van der Waals surface area contributed by atoms with E-state index >= 15 is 0 Å². The van der Waals surface area contributed by atoms with Crippen LogP contribution in [-0.2, 0) is 0 Å². The van der Waals surface area contributed by atoms with E-state index in [0.29, 0.717) is 27.8 Å². The van der Waals surface area contributed by atoms with Crippen molar-refractivity contribution in [2.24, 2.45) is 0 Å². The Bertz CT molecular complexity index is 713. The summed E-state index contributed by atoms with van der Waals surface area (Å²) < 4.78 is 10.4. The highest BCUT2D eigenvalue weighted by molar-refractivity contribution is 6.32. The number of ether oxygens (including phenoxy) is 2. The molecule has 0 aromatic heterocycles. The van der Waals surface area contributed by atoms with Crippen molar-refractivity contribution in [1.82, 2.24) is 0 Å². The number of carbonyl (C=O) groups is 1. The van der Waals surface area contributed by atoms with Crippen LogP contribution in [0.15, 0.2) is 30.3 Å².